The zero-order valence-electron chi connectivity index (χ0n) is 14.4. The van der Waals surface area contributed by atoms with Crippen molar-refractivity contribution in [3.05, 3.63) is 63.7 Å². The third-order valence-corrected chi connectivity index (χ3v) is 5.56. The lowest BCUT2D eigenvalue weighted by molar-refractivity contribution is -0.120. The van der Waals surface area contributed by atoms with Crippen molar-refractivity contribution in [2.45, 2.75) is 26.3 Å². The number of amides is 1. The molecular formula is C20H18BrClN2OS. The topological polar surface area (TPSA) is 42.0 Å². The molecular weight excluding hydrogens is 432 g/mol. The Balaban J connectivity index is 2.04. The van der Waals surface area contributed by atoms with E-state index < -0.39 is 0 Å². The van der Waals surface area contributed by atoms with Gasteiger partial charge in [-0.05, 0) is 43.7 Å². The molecule has 2 aromatic carbocycles. The molecule has 1 heterocycles. The Morgan fingerprint density at radius 1 is 1.19 bits per heavy atom. The van der Waals surface area contributed by atoms with Gasteiger partial charge in [0.05, 0.1) is 17.0 Å². The fraction of sp³-hybridized carbons (Fsp3) is 0.200. The van der Waals surface area contributed by atoms with E-state index in [-0.39, 0.29) is 18.4 Å². The Bertz CT molecular complexity index is 939. The first-order valence-corrected chi connectivity index (χ1v) is 10.2. The first kappa shape index (κ1) is 19.1. The lowest BCUT2D eigenvalue weighted by atomic mass is 10.1. The van der Waals surface area contributed by atoms with E-state index in [2.05, 4.69) is 21.2 Å². The predicted octanol–water partition coefficient (Wildman–Crippen LogP) is 5.96. The van der Waals surface area contributed by atoms with Gasteiger partial charge in [-0.25, -0.2) is 4.98 Å². The van der Waals surface area contributed by atoms with E-state index in [1.807, 2.05) is 62.4 Å². The van der Waals surface area contributed by atoms with Gasteiger partial charge >= 0.3 is 0 Å². The van der Waals surface area contributed by atoms with Crippen LogP contribution in [0.4, 0.5) is 0 Å². The van der Waals surface area contributed by atoms with E-state index in [0.29, 0.717) is 5.02 Å². The van der Waals surface area contributed by atoms with Gasteiger partial charge < -0.3 is 5.32 Å². The van der Waals surface area contributed by atoms with E-state index in [4.69, 9.17) is 16.6 Å². The second-order valence-electron chi connectivity index (χ2n) is 6.21. The number of halogens is 2. The average Bonchev–Trinajstić information content (AvgIpc) is 2.98. The molecule has 0 saturated carbocycles. The van der Waals surface area contributed by atoms with Crippen molar-refractivity contribution >= 4 is 44.8 Å². The normalized spacial score (nSPS) is 11.0. The lowest BCUT2D eigenvalue weighted by Gasteiger charge is -2.08. The van der Waals surface area contributed by atoms with Gasteiger partial charge in [-0.3, -0.25) is 4.79 Å². The Hall–Kier alpha value is -1.69. The molecule has 0 unspecified atom stereocenters. The maximum absolute atomic E-state index is 12.3. The van der Waals surface area contributed by atoms with Crippen molar-refractivity contribution in [2.24, 2.45) is 0 Å². The van der Waals surface area contributed by atoms with Crippen molar-refractivity contribution < 1.29 is 4.79 Å². The SMILES string of the molecule is CC(C)NC(=O)Cc1nc(-c2cccc(Br)c2)sc1-c1cccc(Cl)c1. The summed E-state index contributed by atoms with van der Waals surface area (Å²) in [6.45, 7) is 3.90. The van der Waals surface area contributed by atoms with Gasteiger partial charge in [-0.1, -0.05) is 51.8 Å². The van der Waals surface area contributed by atoms with E-state index in [9.17, 15) is 4.79 Å². The number of rotatable bonds is 5. The van der Waals surface area contributed by atoms with Crippen LogP contribution in [0.1, 0.15) is 19.5 Å². The minimum Gasteiger partial charge on any atom is -0.354 e. The van der Waals surface area contributed by atoms with Crippen LogP contribution in [-0.2, 0) is 11.2 Å². The highest BCUT2D eigenvalue weighted by molar-refractivity contribution is 9.10. The molecule has 6 heteroatoms. The highest BCUT2D eigenvalue weighted by Crippen LogP contribution is 2.37. The van der Waals surface area contributed by atoms with Gasteiger partial charge in [-0.2, -0.15) is 0 Å². The van der Waals surface area contributed by atoms with Crippen LogP contribution < -0.4 is 5.32 Å². The number of hydrogen-bond acceptors (Lipinski definition) is 3. The predicted molar refractivity (Wildman–Crippen MR) is 113 cm³/mol. The number of thiazole rings is 1. The number of aromatic nitrogens is 1. The van der Waals surface area contributed by atoms with Gasteiger partial charge in [0.2, 0.25) is 5.91 Å². The molecule has 0 aliphatic rings. The average molecular weight is 450 g/mol. The molecule has 3 aromatic rings. The van der Waals surface area contributed by atoms with Gasteiger partial charge in [0, 0.05) is 21.1 Å². The molecule has 1 N–H and O–H groups in total. The molecule has 0 aliphatic heterocycles. The second-order valence-corrected chi connectivity index (χ2v) is 8.57. The summed E-state index contributed by atoms with van der Waals surface area (Å²) >= 11 is 11.2. The van der Waals surface area contributed by atoms with Gasteiger partial charge in [0.15, 0.2) is 0 Å². The first-order valence-electron chi connectivity index (χ1n) is 8.23. The first-order chi connectivity index (χ1) is 12.4. The van der Waals surface area contributed by atoms with E-state index >= 15 is 0 Å². The van der Waals surface area contributed by atoms with Crippen LogP contribution >= 0.6 is 38.9 Å². The van der Waals surface area contributed by atoms with Gasteiger partial charge in [-0.15, -0.1) is 11.3 Å². The Morgan fingerprint density at radius 3 is 2.62 bits per heavy atom. The summed E-state index contributed by atoms with van der Waals surface area (Å²) in [6, 6.07) is 15.7. The summed E-state index contributed by atoms with van der Waals surface area (Å²) in [4.78, 5) is 18.0. The zero-order chi connectivity index (χ0) is 18.7. The number of hydrogen-bond donors (Lipinski definition) is 1. The highest BCUT2D eigenvalue weighted by atomic mass is 79.9. The summed E-state index contributed by atoms with van der Waals surface area (Å²) in [7, 11) is 0. The van der Waals surface area contributed by atoms with Crippen molar-refractivity contribution in [1.82, 2.24) is 10.3 Å². The van der Waals surface area contributed by atoms with E-state index in [1.165, 1.54) is 0 Å². The summed E-state index contributed by atoms with van der Waals surface area (Å²) in [5.74, 6) is -0.0330. The van der Waals surface area contributed by atoms with Crippen LogP contribution in [0.15, 0.2) is 53.0 Å². The smallest absolute Gasteiger partial charge is 0.226 e. The van der Waals surface area contributed by atoms with E-state index in [1.54, 1.807) is 11.3 Å². The fourth-order valence-corrected chi connectivity index (χ4v) is 4.26. The number of carbonyl (C=O) groups excluding carboxylic acids is 1. The fourth-order valence-electron chi connectivity index (χ4n) is 2.60. The van der Waals surface area contributed by atoms with Crippen LogP contribution in [0.3, 0.4) is 0 Å². The number of nitrogens with zero attached hydrogens (tertiary/aromatic N) is 1. The Labute approximate surface area is 170 Å². The third kappa shape index (κ3) is 4.72. The molecule has 0 radical (unpaired) electrons. The molecule has 0 fully saturated rings. The Kier molecular flexibility index (Phi) is 6.12. The summed E-state index contributed by atoms with van der Waals surface area (Å²) < 4.78 is 0.994. The summed E-state index contributed by atoms with van der Waals surface area (Å²) in [5.41, 5.74) is 2.76. The number of benzene rings is 2. The van der Waals surface area contributed by atoms with E-state index in [0.717, 1.165) is 31.2 Å². The number of nitrogens with one attached hydrogen (secondary N) is 1. The van der Waals surface area contributed by atoms with Crippen LogP contribution in [0.5, 0.6) is 0 Å². The van der Waals surface area contributed by atoms with Crippen LogP contribution in [0.2, 0.25) is 5.02 Å². The minimum atomic E-state index is -0.0330. The van der Waals surface area contributed by atoms with Crippen molar-refractivity contribution in [3.8, 4) is 21.0 Å². The third-order valence-electron chi connectivity index (χ3n) is 3.63. The molecule has 1 amide bonds. The molecule has 3 nitrogen and oxygen atoms in total. The van der Waals surface area contributed by atoms with Gasteiger partial charge in [0.25, 0.3) is 0 Å². The molecule has 0 saturated heterocycles. The Morgan fingerprint density at radius 2 is 1.92 bits per heavy atom. The molecule has 0 spiro atoms. The second kappa shape index (κ2) is 8.33. The summed E-state index contributed by atoms with van der Waals surface area (Å²) in [5, 5.41) is 4.48. The van der Waals surface area contributed by atoms with Crippen LogP contribution in [-0.4, -0.2) is 16.9 Å². The lowest BCUT2D eigenvalue weighted by Crippen LogP contribution is -2.31. The van der Waals surface area contributed by atoms with Crippen LogP contribution in [0.25, 0.3) is 21.0 Å². The maximum atomic E-state index is 12.3. The van der Waals surface area contributed by atoms with Crippen LogP contribution in [0, 0.1) is 0 Å². The molecule has 1 aromatic heterocycles. The summed E-state index contributed by atoms with van der Waals surface area (Å²) in [6.07, 6.45) is 0.241. The highest BCUT2D eigenvalue weighted by Gasteiger charge is 2.18. The van der Waals surface area contributed by atoms with Crippen molar-refractivity contribution in [1.29, 1.82) is 0 Å². The quantitative estimate of drug-likeness (QED) is 0.522. The van der Waals surface area contributed by atoms with Crippen molar-refractivity contribution in [3.63, 3.8) is 0 Å². The maximum Gasteiger partial charge on any atom is 0.226 e. The largest absolute Gasteiger partial charge is 0.354 e. The molecule has 0 bridgehead atoms. The van der Waals surface area contributed by atoms with Gasteiger partial charge in [0.1, 0.15) is 5.01 Å². The molecule has 0 atom stereocenters. The molecule has 26 heavy (non-hydrogen) atoms. The monoisotopic (exact) mass is 448 g/mol. The molecule has 0 aliphatic carbocycles. The molecule has 134 valence electrons. The zero-order valence-corrected chi connectivity index (χ0v) is 17.6. The standard InChI is InChI=1S/C20H18BrClN2OS/c1-12(2)23-18(25)11-17-19(13-5-4-8-16(22)10-13)26-20(24-17)14-6-3-7-15(21)9-14/h3-10,12H,11H2,1-2H3,(H,23,25). The minimum absolute atomic E-state index is 0.0330. The number of carbonyl (C=O) groups is 1. The molecule has 3 rings (SSSR count). The van der Waals surface area contributed by atoms with Crippen molar-refractivity contribution in [2.75, 3.05) is 0 Å².